The second-order valence-corrected chi connectivity index (χ2v) is 5.07. The summed E-state index contributed by atoms with van der Waals surface area (Å²) in [5.41, 5.74) is 0.756. The van der Waals surface area contributed by atoms with Gasteiger partial charge >= 0.3 is 0 Å². The normalized spacial score (nSPS) is 11.8. The molecule has 0 saturated heterocycles. The predicted molar refractivity (Wildman–Crippen MR) is 67.7 cm³/mol. The molecule has 3 nitrogen and oxygen atoms in total. The largest absolute Gasteiger partial charge is 0.282 e. The zero-order valence-electron chi connectivity index (χ0n) is 9.02. The fourth-order valence-corrected chi connectivity index (χ4v) is 2.21. The smallest absolute Gasteiger partial charge is 0.199 e. The van der Waals surface area contributed by atoms with Gasteiger partial charge in [-0.1, -0.05) is 48.5 Å². The Bertz CT molecular complexity index is 604. The van der Waals surface area contributed by atoms with Crippen molar-refractivity contribution in [3.8, 4) is 0 Å². The van der Waals surface area contributed by atoms with Crippen molar-refractivity contribution >= 4 is 16.2 Å². The standard InChI is InChI=1S/C13H11NO2S/c15-17(16,13-9-5-2-6-10-13)14-11-12-7-3-1-4-8-12/h1-11H/b14-11-. The topological polar surface area (TPSA) is 46.5 Å². The highest BCUT2D eigenvalue weighted by Gasteiger charge is 2.09. The Morgan fingerprint density at radius 2 is 1.35 bits per heavy atom. The molecule has 17 heavy (non-hydrogen) atoms. The van der Waals surface area contributed by atoms with Crippen LogP contribution in [-0.2, 0) is 10.0 Å². The second kappa shape index (κ2) is 4.93. The van der Waals surface area contributed by atoms with Crippen molar-refractivity contribution in [2.45, 2.75) is 4.90 Å². The molecule has 0 saturated carbocycles. The summed E-state index contributed by atoms with van der Waals surface area (Å²) in [5.74, 6) is 0. The Morgan fingerprint density at radius 1 is 0.824 bits per heavy atom. The predicted octanol–water partition coefficient (Wildman–Crippen LogP) is 2.49. The summed E-state index contributed by atoms with van der Waals surface area (Å²) in [6.45, 7) is 0. The van der Waals surface area contributed by atoms with E-state index >= 15 is 0 Å². The van der Waals surface area contributed by atoms with Crippen LogP contribution in [0.4, 0.5) is 0 Å². The van der Waals surface area contributed by atoms with E-state index in [0.717, 1.165) is 5.56 Å². The maximum Gasteiger partial charge on any atom is 0.282 e. The molecule has 2 aromatic carbocycles. The van der Waals surface area contributed by atoms with Gasteiger partial charge in [0.15, 0.2) is 0 Å². The van der Waals surface area contributed by atoms with Gasteiger partial charge in [-0.2, -0.15) is 12.8 Å². The molecule has 0 aromatic heterocycles. The van der Waals surface area contributed by atoms with Crippen LogP contribution in [0.25, 0.3) is 0 Å². The Morgan fingerprint density at radius 3 is 1.94 bits per heavy atom. The van der Waals surface area contributed by atoms with Crippen LogP contribution in [0.2, 0.25) is 0 Å². The van der Waals surface area contributed by atoms with Gasteiger partial charge in [-0.25, -0.2) is 0 Å². The molecule has 2 aromatic rings. The van der Waals surface area contributed by atoms with Crippen molar-refractivity contribution in [1.82, 2.24) is 0 Å². The maximum atomic E-state index is 11.8. The summed E-state index contributed by atoms with van der Waals surface area (Å²) in [4.78, 5) is 0.201. The third kappa shape index (κ3) is 3.01. The van der Waals surface area contributed by atoms with Gasteiger partial charge in [0.1, 0.15) is 0 Å². The molecule has 86 valence electrons. The average molecular weight is 245 g/mol. The van der Waals surface area contributed by atoms with Crippen molar-refractivity contribution < 1.29 is 8.42 Å². The minimum absolute atomic E-state index is 0.201. The lowest BCUT2D eigenvalue weighted by Gasteiger charge is -1.97. The molecule has 0 amide bonds. The Kier molecular flexibility index (Phi) is 3.35. The first-order chi connectivity index (χ1) is 8.18. The van der Waals surface area contributed by atoms with E-state index in [4.69, 9.17) is 0 Å². The Balaban J connectivity index is 2.28. The van der Waals surface area contributed by atoms with Crippen LogP contribution in [0, 0.1) is 0 Å². The van der Waals surface area contributed by atoms with E-state index in [1.807, 2.05) is 18.2 Å². The number of hydrogen-bond acceptors (Lipinski definition) is 2. The first-order valence-corrected chi connectivity index (χ1v) is 6.53. The molecule has 0 aliphatic carbocycles. The fourth-order valence-electron chi connectivity index (χ4n) is 1.32. The third-order valence-electron chi connectivity index (χ3n) is 2.18. The highest BCUT2D eigenvalue weighted by atomic mass is 32.2. The zero-order chi connectivity index (χ0) is 12.1. The minimum atomic E-state index is -3.59. The molecule has 0 radical (unpaired) electrons. The van der Waals surface area contributed by atoms with Crippen molar-refractivity contribution in [1.29, 1.82) is 0 Å². The van der Waals surface area contributed by atoms with E-state index in [1.54, 1.807) is 30.3 Å². The molecule has 0 bridgehead atoms. The lowest BCUT2D eigenvalue weighted by Crippen LogP contribution is -1.97. The van der Waals surface area contributed by atoms with E-state index in [0.29, 0.717) is 0 Å². The zero-order valence-corrected chi connectivity index (χ0v) is 9.84. The molecule has 4 heteroatoms. The van der Waals surface area contributed by atoms with Crippen molar-refractivity contribution in [3.05, 3.63) is 66.2 Å². The lowest BCUT2D eigenvalue weighted by molar-refractivity contribution is 0.598. The molecule has 0 atom stereocenters. The number of hydrogen-bond donors (Lipinski definition) is 0. The van der Waals surface area contributed by atoms with Gasteiger partial charge in [-0.3, -0.25) is 0 Å². The molecule has 2 rings (SSSR count). The van der Waals surface area contributed by atoms with Crippen LogP contribution in [0.15, 0.2) is 70.0 Å². The third-order valence-corrected chi connectivity index (χ3v) is 3.43. The minimum Gasteiger partial charge on any atom is -0.199 e. The first kappa shape index (κ1) is 11.5. The number of benzene rings is 2. The van der Waals surface area contributed by atoms with Gasteiger partial charge in [-0.15, -0.1) is 0 Å². The second-order valence-electron chi connectivity index (χ2n) is 3.43. The highest BCUT2D eigenvalue weighted by molar-refractivity contribution is 7.90. The molecular weight excluding hydrogens is 234 g/mol. The van der Waals surface area contributed by atoms with E-state index in [1.165, 1.54) is 18.3 Å². The fraction of sp³-hybridized carbons (Fsp3) is 0. The van der Waals surface area contributed by atoms with Gasteiger partial charge in [-0.05, 0) is 17.7 Å². The van der Waals surface area contributed by atoms with Crippen LogP contribution in [-0.4, -0.2) is 14.6 Å². The monoisotopic (exact) mass is 245 g/mol. The van der Waals surface area contributed by atoms with E-state index < -0.39 is 10.0 Å². The SMILES string of the molecule is O=S(=O)(/N=C\c1ccccc1)c1ccccc1. The summed E-state index contributed by atoms with van der Waals surface area (Å²) >= 11 is 0. The van der Waals surface area contributed by atoms with Gasteiger partial charge in [0.2, 0.25) is 0 Å². The first-order valence-electron chi connectivity index (χ1n) is 5.09. The molecule has 0 fully saturated rings. The van der Waals surface area contributed by atoms with Crippen molar-refractivity contribution in [2.24, 2.45) is 4.40 Å². The highest BCUT2D eigenvalue weighted by Crippen LogP contribution is 2.11. The quantitative estimate of drug-likeness (QED) is 0.780. The Hall–Kier alpha value is -1.94. The van der Waals surface area contributed by atoms with Crippen LogP contribution in [0.5, 0.6) is 0 Å². The number of sulfonamides is 1. The molecule has 0 unspecified atom stereocenters. The average Bonchev–Trinajstić information content (AvgIpc) is 2.39. The lowest BCUT2D eigenvalue weighted by atomic mass is 10.2. The van der Waals surface area contributed by atoms with Crippen molar-refractivity contribution in [3.63, 3.8) is 0 Å². The summed E-state index contributed by atoms with van der Waals surface area (Å²) in [6.07, 6.45) is 1.35. The van der Waals surface area contributed by atoms with E-state index in [-0.39, 0.29) is 4.90 Å². The molecular formula is C13H11NO2S. The van der Waals surface area contributed by atoms with E-state index in [2.05, 4.69) is 4.40 Å². The van der Waals surface area contributed by atoms with Gasteiger partial charge < -0.3 is 0 Å². The summed E-state index contributed by atoms with van der Waals surface area (Å²) in [6, 6.07) is 17.3. The molecule has 0 N–H and O–H groups in total. The molecule has 0 spiro atoms. The van der Waals surface area contributed by atoms with Gasteiger partial charge in [0.05, 0.1) is 4.90 Å². The van der Waals surface area contributed by atoms with Gasteiger partial charge in [0.25, 0.3) is 10.0 Å². The summed E-state index contributed by atoms with van der Waals surface area (Å²) in [5, 5.41) is 0. The van der Waals surface area contributed by atoms with Crippen LogP contribution >= 0.6 is 0 Å². The van der Waals surface area contributed by atoms with Crippen LogP contribution in [0.1, 0.15) is 5.56 Å². The summed E-state index contributed by atoms with van der Waals surface area (Å²) in [7, 11) is -3.59. The maximum absolute atomic E-state index is 11.8. The van der Waals surface area contributed by atoms with E-state index in [9.17, 15) is 8.42 Å². The summed E-state index contributed by atoms with van der Waals surface area (Å²) < 4.78 is 27.3. The molecule has 0 aliphatic heterocycles. The van der Waals surface area contributed by atoms with Crippen LogP contribution in [0.3, 0.4) is 0 Å². The number of rotatable bonds is 3. The Labute approximate surface area is 101 Å². The van der Waals surface area contributed by atoms with Gasteiger partial charge in [0, 0.05) is 6.21 Å². The van der Waals surface area contributed by atoms with Crippen LogP contribution < -0.4 is 0 Å². The van der Waals surface area contributed by atoms with Crippen molar-refractivity contribution in [2.75, 3.05) is 0 Å². The number of nitrogens with zero attached hydrogens (tertiary/aromatic N) is 1. The molecule has 0 aliphatic rings. The molecule has 0 heterocycles.